The Hall–Kier alpha value is -2.24. The van der Waals surface area contributed by atoms with Crippen molar-refractivity contribution in [2.75, 3.05) is 0 Å². The minimum Gasteiger partial charge on any atom is -0.329 e. The number of nitrogens with one attached hydrogen (secondary N) is 1. The maximum Gasteiger partial charge on any atom is 0.249 e. The van der Waals surface area contributed by atoms with Gasteiger partial charge in [0.05, 0.1) is 0 Å². The minimum absolute atomic E-state index is 0.144. The van der Waals surface area contributed by atoms with E-state index < -0.39 is 11.9 Å². The quantitative estimate of drug-likeness (QED) is 0.670. The smallest absolute Gasteiger partial charge is 0.249 e. The van der Waals surface area contributed by atoms with Gasteiger partial charge in [0.2, 0.25) is 18.2 Å². The average molecular weight is 292 g/mol. The Morgan fingerprint density at radius 1 is 1.38 bits per heavy atom. The van der Waals surface area contributed by atoms with Gasteiger partial charge in [-0.15, -0.1) is 0 Å². The Bertz CT molecular complexity index is 601. The average Bonchev–Trinajstić information content (AvgIpc) is 2.44. The summed E-state index contributed by atoms with van der Waals surface area (Å²) in [4.78, 5) is 35.6. The summed E-state index contributed by atoms with van der Waals surface area (Å²) >= 11 is 0. The first-order chi connectivity index (χ1) is 9.93. The van der Waals surface area contributed by atoms with Crippen molar-refractivity contribution in [3.63, 3.8) is 0 Å². The molecule has 1 aliphatic rings. The molecule has 6 heteroatoms. The van der Waals surface area contributed by atoms with E-state index in [2.05, 4.69) is 5.32 Å². The molecule has 1 N–H and O–H groups in total. The van der Waals surface area contributed by atoms with Gasteiger partial charge in [0.25, 0.3) is 0 Å². The largest absolute Gasteiger partial charge is 0.329 e. The number of aryl methyl sites for hydroxylation is 1. The fourth-order valence-corrected chi connectivity index (χ4v) is 2.51. The zero-order valence-corrected chi connectivity index (χ0v) is 12.0. The van der Waals surface area contributed by atoms with Crippen molar-refractivity contribution in [1.82, 2.24) is 10.2 Å². The number of amides is 3. The lowest BCUT2D eigenvalue weighted by molar-refractivity contribution is -0.141. The van der Waals surface area contributed by atoms with E-state index in [0.29, 0.717) is 17.5 Å². The van der Waals surface area contributed by atoms with Crippen LogP contribution in [0.3, 0.4) is 0 Å². The van der Waals surface area contributed by atoms with E-state index in [9.17, 15) is 18.8 Å². The summed E-state index contributed by atoms with van der Waals surface area (Å²) in [5.74, 6) is -1.16. The van der Waals surface area contributed by atoms with E-state index in [1.54, 1.807) is 13.0 Å². The number of hydrogen-bond acceptors (Lipinski definition) is 3. The molecule has 1 atom stereocenters. The van der Waals surface area contributed by atoms with Crippen LogP contribution in [0, 0.1) is 19.7 Å². The number of hydrogen-bond donors (Lipinski definition) is 1. The third-order valence-corrected chi connectivity index (χ3v) is 3.85. The molecule has 1 unspecified atom stereocenters. The van der Waals surface area contributed by atoms with Gasteiger partial charge in [-0.2, -0.15) is 0 Å². The molecule has 21 heavy (non-hydrogen) atoms. The molecule has 1 aliphatic heterocycles. The summed E-state index contributed by atoms with van der Waals surface area (Å²) in [7, 11) is 0. The summed E-state index contributed by atoms with van der Waals surface area (Å²) in [6.07, 6.45) is 1.06. The molecule has 0 aliphatic carbocycles. The molecular formula is C15H17FN2O3. The van der Waals surface area contributed by atoms with Crippen LogP contribution in [0.4, 0.5) is 4.39 Å². The highest BCUT2D eigenvalue weighted by Gasteiger charge is 2.31. The van der Waals surface area contributed by atoms with E-state index in [-0.39, 0.29) is 31.1 Å². The molecule has 0 bridgehead atoms. The number of piperidine rings is 1. The van der Waals surface area contributed by atoms with Crippen molar-refractivity contribution in [3.05, 3.63) is 34.6 Å². The van der Waals surface area contributed by atoms with Crippen LogP contribution in [-0.4, -0.2) is 29.2 Å². The molecule has 1 fully saturated rings. The Morgan fingerprint density at radius 2 is 2.10 bits per heavy atom. The van der Waals surface area contributed by atoms with Gasteiger partial charge in [-0.05, 0) is 43.0 Å². The van der Waals surface area contributed by atoms with Crippen molar-refractivity contribution >= 4 is 18.2 Å². The topological polar surface area (TPSA) is 66.5 Å². The number of halogens is 1. The maximum absolute atomic E-state index is 13.7. The van der Waals surface area contributed by atoms with Gasteiger partial charge in [-0.3, -0.25) is 19.7 Å². The number of nitrogens with zero attached hydrogens (tertiary/aromatic N) is 1. The zero-order chi connectivity index (χ0) is 15.6. The number of imide groups is 1. The van der Waals surface area contributed by atoms with Crippen molar-refractivity contribution < 1.29 is 18.8 Å². The summed E-state index contributed by atoms with van der Waals surface area (Å²) in [5, 5.41) is 2.22. The van der Waals surface area contributed by atoms with Gasteiger partial charge in [0.15, 0.2) is 0 Å². The van der Waals surface area contributed by atoms with Gasteiger partial charge in [0.1, 0.15) is 11.9 Å². The van der Waals surface area contributed by atoms with Crippen LogP contribution in [0.25, 0.3) is 0 Å². The van der Waals surface area contributed by atoms with Gasteiger partial charge >= 0.3 is 0 Å². The molecular weight excluding hydrogens is 275 g/mol. The second-order valence-corrected chi connectivity index (χ2v) is 5.21. The first-order valence-electron chi connectivity index (χ1n) is 6.73. The van der Waals surface area contributed by atoms with Crippen LogP contribution >= 0.6 is 0 Å². The lowest BCUT2D eigenvalue weighted by atomic mass is 9.99. The predicted molar refractivity (Wildman–Crippen MR) is 73.7 cm³/mol. The monoisotopic (exact) mass is 292 g/mol. The summed E-state index contributed by atoms with van der Waals surface area (Å²) in [6, 6.07) is 2.33. The van der Waals surface area contributed by atoms with Crippen molar-refractivity contribution in [1.29, 1.82) is 0 Å². The Kier molecular flexibility index (Phi) is 4.35. The maximum atomic E-state index is 13.7. The minimum atomic E-state index is -0.692. The first kappa shape index (κ1) is 15.2. The molecule has 0 saturated carbocycles. The molecule has 1 aromatic carbocycles. The van der Waals surface area contributed by atoms with Crippen molar-refractivity contribution in [2.24, 2.45) is 0 Å². The van der Waals surface area contributed by atoms with Crippen molar-refractivity contribution in [3.8, 4) is 0 Å². The standard InChI is InChI=1S/C15H17FN2O3/c1-9-3-4-12(16)10(2)11(9)7-18(8-19)13-5-6-14(20)17-15(13)21/h3-4,8,13H,5-7H2,1-2H3,(H,17,20,21). The second-order valence-electron chi connectivity index (χ2n) is 5.21. The highest BCUT2D eigenvalue weighted by atomic mass is 19.1. The van der Waals surface area contributed by atoms with Gasteiger partial charge in [-0.25, -0.2) is 4.39 Å². The second kappa shape index (κ2) is 6.03. The first-order valence-corrected chi connectivity index (χ1v) is 6.73. The molecule has 0 aromatic heterocycles. The Morgan fingerprint density at radius 3 is 2.71 bits per heavy atom. The molecule has 2 rings (SSSR count). The Balaban J connectivity index is 2.24. The van der Waals surface area contributed by atoms with E-state index >= 15 is 0 Å². The molecule has 1 heterocycles. The molecule has 1 aromatic rings. The summed E-state index contributed by atoms with van der Waals surface area (Å²) in [5.41, 5.74) is 2.01. The molecule has 5 nitrogen and oxygen atoms in total. The van der Waals surface area contributed by atoms with Crippen LogP contribution < -0.4 is 5.32 Å². The molecule has 0 radical (unpaired) electrons. The number of carbonyl (C=O) groups is 3. The van der Waals surface area contributed by atoms with Crippen LogP contribution in [0.5, 0.6) is 0 Å². The fourth-order valence-electron chi connectivity index (χ4n) is 2.51. The zero-order valence-electron chi connectivity index (χ0n) is 12.0. The van der Waals surface area contributed by atoms with Gasteiger partial charge in [-0.1, -0.05) is 6.07 Å². The number of carbonyl (C=O) groups excluding carboxylic acids is 3. The molecule has 0 spiro atoms. The number of rotatable bonds is 4. The third kappa shape index (κ3) is 3.09. The predicted octanol–water partition coefficient (Wildman–Crippen LogP) is 1.21. The van der Waals surface area contributed by atoms with E-state index in [0.717, 1.165) is 5.56 Å². The van der Waals surface area contributed by atoms with Crippen molar-refractivity contribution in [2.45, 2.75) is 39.3 Å². The SMILES string of the molecule is Cc1ccc(F)c(C)c1CN(C=O)C1CCC(=O)NC1=O. The van der Waals surface area contributed by atoms with Gasteiger partial charge < -0.3 is 4.90 Å². The lowest BCUT2D eigenvalue weighted by Crippen LogP contribution is -2.51. The third-order valence-electron chi connectivity index (χ3n) is 3.85. The lowest BCUT2D eigenvalue weighted by Gasteiger charge is -2.30. The van der Waals surface area contributed by atoms with Crippen LogP contribution in [0.2, 0.25) is 0 Å². The van der Waals surface area contributed by atoms with Crippen LogP contribution in [-0.2, 0) is 20.9 Å². The van der Waals surface area contributed by atoms with Crippen LogP contribution in [0.1, 0.15) is 29.5 Å². The molecule has 3 amide bonds. The summed E-state index contributed by atoms with van der Waals surface area (Å²) in [6.45, 7) is 3.62. The van der Waals surface area contributed by atoms with E-state index in [1.165, 1.54) is 11.0 Å². The number of benzene rings is 1. The Labute approximate surface area is 122 Å². The fraction of sp³-hybridized carbons (Fsp3) is 0.400. The highest BCUT2D eigenvalue weighted by molar-refractivity contribution is 6.00. The van der Waals surface area contributed by atoms with Gasteiger partial charge in [0, 0.05) is 13.0 Å². The highest BCUT2D eigenvalue weighted by Crippen LogP contribution is 2.21. The molecule has 1 saturated heterocycles. The van der Waals surface area contributed by atoms with E-state index in [4.69, 9.17) is 0 Å². The molecule has 112 valence electrons. The van der Waals surface area contributed by atoms with E-state index in [1.807, 2.05) is 6.92 Å². The normalized spacial score (nSPS) is 18.3. The van der Waals surface area contributed by atoms with Crippen LogP contribution in [0.15, 0.2) is 12.1 Å². The summed E-state index contributed by atoms with van der Waals surface area (Å²) < 4.78 is 13.7.